The molecule has 1 saturated heterocycles. The van der Waals surface area contributed by atoms with Gasteiger partial charge in [-0.2, -0.15) is 10.2 Å². The van der Waals surface area contributed by atoms with Gasteiger partial charge in [0.05, 0.1) is 42.6 Å². The van der Waals surface area contributed by atoms with Gasteiger partial charge in [-0.3, -0.25) is 0 Å². The number of morpholine rings is 1. The summed E-state index contributed by atoms with van der Waals surface area (Å²) in [6.45, 7) is 5.85. The number of carbonyl (C=O) groups is 2. The molecule has 3 atom stereocenters. The largest absolute Gasteiger partial charge is 0.378 e. The third kappa shape index (κ3) is 7.00. The number of hydrazone groups is 2. The molecule has 0 radical (unpaired) electrons. The Morgan fingerprint density at radius 3 is 2.04 bits per heavy atom. The van der Waals surface area contributed by atoms with Gasteiger partial charge in [-0.1, -0.05) is 54.6 Å². The van der Waals surface area contributed by atoms with Gasteiger partial charge in [-0.25, -0.2) is 37.2 Å². The molecule has 0 aliphatic carbocycles. The minimum absolute atomic E-state index is 0.0510. The van der Waals surface area contributed by atoms with Crippen LogP contribution in [-0.4, -0.2) is 82.7 Å². The maximum absolute atomic E-state index is 15.7. The Morgan fingerprint density at radius 2 is 1.36 bits per heavy atom. The van der Waals surface area contributed by atoms with E-state index in [4.69, 9.17) is 9.84 Å². The van der Waals surface area contributed by atoms with Crippen molar-refractivity contribution in [2.75, 3.05) is 39.4 Å². The fraction of sp³-hybridized carbons (Fsp3) is 0.300. The maximum atomic E-state index is 15.7. The van der Waals surface area contributed by atoms with Gasteiger partial charge in [0.25, 0.3) is 0 Å². The number of urea groups is 2. The Bertz CT molecular complexity index is 2070. The summed E-state index contributed by atoms with van der Waals surface area (Å²) < 4.78 is 65.4. The Hall–Kier alpha value is -5.56. The van der Waals surface area contributed by atoms with Crippen LogP contribution in [0.4, 0.5) is 27.2 Å². The van der Waals surface area contributed by atoms with E-state index >= 15 is 8.78 Å². The summed E-state index contributed by atoms with van der Waals surface area (Å²) in [4.78, 5) is 31.3. The number of ether oxygens (including phenoxy) is 1. The summed E-state index contributed by atoms with van der Waals surface area (Å²) in [5.41, 5.74) is 2.15. The zero-order valence-electron chi connectivity index (χ0n) is 29.3. The molecule has 9 nitrogen and oxygen atoms in total. The van der Waals surface area contributed by atoms with E-state index in [1.165, 1.54) is 10.0 Å². The van der Waals surface area contributed by atoms with E-state index in [2.05, 4.69) is 5.10 Å². The predicted octanol–water partition coefficient (Wildman–Crippen LogP) is 7.85. The van der Waals surface area contributed by atoms with E-state index in [0.717, 1.165) is 42.0 Å². The van der Waals surface area contributed by atoms with Crippen LogP contribution in [0.1, 0.15) is 66.1 Å². The first-order chi connectivity index (χ1) is 25.7. The Labute approximate surface area is 304 Å². The summed E-state index contributed by atoms with van der Waals surface area (Å²) in [7, 11) is 0. The van der Waals surface area contributed by atoms with Crippen molar-refractivity contribution in [1.29, 1.82) is 0 Å². The molecule has 3 aliphatic heterocycles. The highest BCUT2D eigenvalue weighted by molar-refractivity contribution is 6.08. The van der Waals surface area contributed by atoms with Crippen molar-refractivity contribution in [2.45, 2.75) is 38.3 Å². The molecule has 3 aliphatic rings. The van der Waals surface area contributed by atoms with Gasteiger partial charge in [0.2, 0.25) is 0 Å². The molecular formula is C40H38F4N6O3. The number of nitrogens with zero attached hydrogens (tertiary/aromatic N) is 6. The van der Waals surface area contributed by atoms with E-state index < -0.39 is 53.3 Å². The van der Waals surface area contributed by atoms with Gasteiger partial charge in [-0.15, -0.1) is 0 Å². The molecule has 1 fully saturated rings. The first-order valence-corrected chi connectivity index (χ1v) is 17.6. The van der Waals surface area contributed by atoms with Crippen LogP contribution in [0.5, 0.6) is 0 Å². The Kier molecular flexibility index (Phi) is 10.3. The lowest BCUT2D eigenvalue weighted by Crippen LogP contribution is -2.46. The van der Waals surface area contributed by atoms with Crippen molar-refractivity contribution < 1.29 is 31.9 Å². The monoisotopic (exact) mass is 726 g/mol. The maximum Gasteiger partial charge on any atom is 0.341 e. The highest BCUT2D eigenvalue weighted by Gasteiger charge is 2.45. The third-order valence-electron chi connectivity index (χ3n) is 9.95. The van der Waals surface area contributed by atoms with Crippen LogP contribution in [0.15, 0.2) is 101 Å². The molecule has 0 spiro atoms. The molecule has 4 aromatic rings. The van der Waals surface area contributed by atoms with E-state index in [9.17, 15) is 18.4 Å². The van der Waals surface area contributed by atoms with Crippen LogP contribution in [0.25, 0.3) is 0 Å². The first-order valence-electron chi connectivity index (χ1n) is 17.6. The zero-order valence-corrected chi connectivity index (χ0v) is 29.3. The average molecular weight is 727 g/mol. The normalized spacial score (nSPS) is 20.0. The van der Waals surface area contributed by atoms with Crippen molar-refractivity contribution >= 4 is 23.5 Å². The molecule has 0 bridgehead atoms. The fourth-order valence-electron chi connectivity index (χ4n) is 7.26. The standard InChI is InChI=1S/C40H38F4N6O3/c1-3-47(4-2)39(51)50-38(25-9-6-5-7-10-25)36(37(46-50)31-23-29(42)14-16-33(31)44)27-12-8-11-26(21-27)35-24-34(30-22-28(41)13-15-32(30)43)45-49(35)40(52)48-17-19-53-20-18-48/h5-16,21-23,35-36,38H,3-4,17-20,24H2,1-2H3. The van der Waals surface area contributed by atoms with Gasteiger partial charge < -0.3 is 14.5 Å². The topological polar surface area (TPSA) is 81.1 Å². The van der Waals surface area contributed by atoms with E-state index in [0.29, 0.717) is 50.5 Å². The molecule has 7 rings (SSSR count). The molecule has 0 saturated carbocycles. The van der Waals surface area contributed by atoms with Crippen LogP contribution in [0.3, 0.4) is 0 Å². The smallest absolute Gasteiger partial charge is 0.341 e. The SMILES string of the molecule is CCN(CC)C(=O)N1N=C(c2cc(F)ccc2F)C(c2cccc(C3CC(c4cc(F)ccc4F)=NN3C(=O)N3CCOCC3)c2)C1c1ccccc1. The van der Waals surface area contributed by atoms with Crippen molar-refractivity contribution in [3.63, 3.8) is 0 Å². The van der Waals surface area contributed by atoms with Crippen molar-refractivity contribution in [3.05, 3.63) is 142 Å². The van der Waals surface area contributed by atoms with Crippen molar-refractivity contribution in [3.8, 4) is 0 Å². The average Bonchev–Trinajstić information content (AvgIpc) is 3.81. The number of amides is 4. The molecule has 3 unspecified atom stereocenters. The molecule has 13 heteroatoms. The minimum Gasteiger partial charge on any atom is -0.378 e. The second kappa shape index (κ2) is 15.2. The summed E-state index contributed by atoms with van der Waals surface area (Å²) >= 11 is 0. The lowest BCUT2D eigenvalue weighted by atomic mass is 9.81. The minimum atomic E-state index is -0.793. The van der Waals surface area contributed by atoms with Gasteiger partial charge in [0, 0.05) is 43.7 Å². The van der Waals surface area contributed by atoms with E-state index in [1.54, 1.807) is 21.9 Å². The van der Waals surface area contributed by atoms with Gasteiger partial charge in [-0.05, 0) is 66.9 Å². The summed E-state index contributed by atoms with van der Waals surface area (Å²) in [6, 6.07) is 20.4. The van der Waals surface area contributed by atoms with Gasteiger partial charge in [0.1, 0.15) is 23.3 Å². The summed E-state index contributed by atoms with van der Waals surface area (Å²) in [5.74, 6) is -3.48. The molecule has 4 amide bonds. The molecule has 3 heterocycles. The molecule has 4 aromatic carbocycles. The molecule has 274 valence electrons. The van der Waals surface area contributed by atoms with Gasteiger partial charge >= 0.3 is 12.1 Å². The second-order valence-corrected chi connectivity index (χ2v) is 13.0. The highest BCUT2D eigenvalue weighted by Crippen LogP contribution is 2.46. The summed E-state index contributed by atoms with van der Waals surface area (Å²) in [6.07, 6.45) is 0.0682. The molecule has 53 heavy (non-hydrogen) atoms. The van der Waals surface area contributed by atoms with Crippen LogP contribution >= 0.6 is 0 Å². The Morgan fingerprint density at radius 1 is 0.736 bits per heavy atom. The fourth-order valence-corrected chi connectivity index (χ4v) is 7.26. The van der Waals surface area contributed by atoms with Gasteiger partial charge in [0.15, 0.2) is 0 Å². The van der Waals surface area contributed by atoms with Crippen LogP contribution in [0.2, 0.25) is 0 Å². The molecule has 0 N–H and O–H groups in total. The third-order valence-corrected chi connectivity index (χ3v) is 9.95. The lowest BCUT2D eigenvalue weighted by molar-refractivity contribution is 0.0408. The Balaban J connectivity index is 1.36. The second-order valence-electron chi connectivity index (χ2n) is 13.0. The van der Waals surface area contributed by atoms with Crippen LogP contribution in [0, 0.1) is 23.3 Å². The number of hydrogen-bond acceptors (Lipinski definition) is 5. The number of hydrogen-bond donors (Lipinski definition) is 0. The van der Waals surface area contributed by atoms with E-state index in [-0.39, 0.29) is 29.0 Å². The number of rotatable bonds is 7. The zero-order chi connectivity index (χ0) is 37.2. The summed E-state index contributed by atoms with van der Waals surface area (Å²) in [5, 5.41) is 12.0. The van der Waals surface area contributed by atoms with Crippen LogP contribution < -0.4 is 0 Å². The molecular weight excluding hydrogens is 688 g/mol. The van der Waals surface area contributed by atoms with Crippen molar-refractivity contribution in [1.82, 2.24) is 19.8 Å². The quantitative estimate of drug-likeness (QED) is 0.182. The lowest BCUT2D eigenvalue weighted by Gasteiger charge is -2.33. The predicted molar refractivity (Wildman–Crippen MR) is 191 cm³/mol. The number of benzene rings is 4. The number of carbonyl (C=O) groups excluding carboxylic acids is 2. The van der Waals surface area contributed by atoms with Crippen molar-refractivity contribution in [2.24, 2.45) is 10.2 Å². The highest BCUT2D eigenvalue weighted by atomic mass is 19.1. The number of halogens is 4. The molecule has 0 aromatic heterocycles. The van der Waals surface area contributed by atoms with Crippen LogP contribution in [-0.2, 0) is 4.74 Å². The first kappa shape index (κ1) is 35.8. The van der Waals surface area contributed by atoms with E-state index in [1.807, 2.05) is 56.3 Å².